The molecule has 4 N–H and O–H groups in total. The van der Waals surface area contributed by atoms with Crippen molar-refractivity contribution in [3.8, 4) is 0 Å². The van der Waals surface area contributed by atoms with E-state index in [0.29, 0.717) is 15.1 Å². The first-order valence-corrected chi connectivity index (χ1v) is 6.23. The van der Waals surface area contributed by atoms with E-state index in [2.05, 4.69) is 20.7 Å². The van der Waals surface area contributed by atoms with Gasteiger partial charge in [-0.2, -0.15) is 0 Å². The Hall–Kier alpha value is -1.81. The number of carbonyl (C=O) groups excluding carboxylic acids is 1. The number of rotatable bonds is 3. The van der Waals surface area contributed by atoms with Crippen LogP contribution in [0, 0.1) is 9.39 Å². The van der Waals surface area contributed by atoms with Crippen LogP contribution < -0.4 is 16.6 Å². The molecule has 0 aliphatic rings. The number of halogens is 2. The minimum absolute atomic E-state index is 0.110. The number of nitrogens with zero attached hydrogens (tertiary/aromatic N) is 2. The minimum Gasteiger partial charge on any atom is -0.320 e. The van der Waals surface area contributed by atoms with Crippen molar-refractivity contribution in [2.45, 2.75) is 0 Å². The second-order valence-corrected chi connectivity index (χ2v) is 4.57. The zero-order valence-electron chi connectivity index (χ0n) is 9.52. The molecular weight excluding hydrogens is 364 g/mol. The maximum absolute atomic E-state index is 13.3. The maximum Gasteiger partial charge on any atom is 0.275 e. The van der Waals surface area contributed by atoms with Crippen LogP contribution in [0.4, 0.5) is 15.9 Å². The number of nitrogens with two attached hydrogens (primary N) is 1. The van der Waals surface area contributed by atoms with Crippen molar-refractivity contribution in [1.29, 1.82) is 0 Å². The topological polar surface area (TPSA) is 92.9 Å². The number of nitrogen functional groups attached to an aromatic ring is 1. The molecule has 0 spiro atoms. The minimum atomic E-state index is -0.473. The Balaban J connectivity index is 2.18. The summed E-state index contributed by atoms with van der Waals surface area (Å²) < 4.78 is 13.7. The lowest BCUT2D eigenvalue weighted by Gasteiger charge is -2.07. The van der Waals surface area contributed by atoms with Gasteiger partial charge in [-0.15, -0.1) is 0 Å². The van der Waals surface area contributed by atoms with Crippen molar-refractivity contribution < 1.29 is 9.18 Å². The van der Waals surface area contributed by atoms with E-state index in [9.17, 15) is 9.18 Å². The molecular formula is C11H9FIN5O. The average Bonchev–Trinajstić information content (AvgIpc) is 2.44. The highest BCUT2D eigenvalue weighted by Gasteiger charge is 2.12. The average molecular weight is 373 g/mol. The number of benzene rings is 1. The first-order chi connectivity index (χ1) is 9.11. The third-order valence-electron chi connectivity index (χ3n) is 2.23. The zero-order chi connectivity index (χ0) is 13.8. The number of anilines is 2. The number of hydrogen-bond acceptors (Lipinski definition) is 5. The van der Waals surface area contributed by atoms with E-state index in [4.69, 9.17) is 5.84 Å². The second kappa shape index (κ2) is 5.89. The van der Waals surface area contributed by atoms with E-state index in [1.807, 2.05) is 22.6 Å². The Morgan fingerprint density at radius 2 is 2.11 bits per heavy atom. The Morgan fingerprint density at radius 3 is 2.74 bits per heavy atom. The summed E-state index contributed by atoms with van der Waals surface area (Å²) >= 11 is 1.82. The van der Waals surface area contributed by atoms with Crippen LogP contribution in [-0.4, -0.2) is 15.9 Å². The van der Waals surface area contributed by atoms with E-state index in [1.165, 1.54) is 24.5 Å². The standard InChI is InChI=1S/C11H9FIN5O/c12-6-2-1-3-7(10(6)13)17-11(19)8-4-16-9(18-14)5-15-8/h1-5H,14H2,(H,16,18)(H,17,19). The van der Waals surface area contributed by atoms with Crippen LogP contribution in [0.5, 0.6) is 0 Å². The first-order valence-electron chi connectivity index (χ1n) is 5.16. The van der Waals surface area contributed by atoms with Crippen LogP contribution in [-0.2, 0) is 0 Å². The summed E-state index contributed by atoms with van der Waals surface area (Å²) in [6, 6.07) is 4.44. The molecule has 6 nitrogen and oxygen atoms in total. The van der Waals surface area contributed by atoms with Crippen molar-refractivity contribution in [2.75, 3.05) is 10.7 Å². The summed E-state index contributed by atoms with van der Waals surface area (Å²) in [6.45, 7) is 0. The van der Waals surface area contributed by atoms with E-state index < -0.39 is 11.7 Å². The van der Waals surface area contributed by atoms with Crippen molar-refractivity contribution in [1.82, 2.24) is 9.97 Å². The van der Waals surface area contributed by atoms with Gasteiger partial charge in [-0.3, -0.25) is 4.79 Å². The van der Waals surface area contributed by atoms with Crippen LogP contribution >= 0.6 is 22.6 Å². The zero-order valence-corrected chi connectivity index (χ0v) is 11.7. The van der Waals surface area contributed by atoms with Gasteiger partial charge in [-0.1, -0.05) is 6.07 Å². The predicted molar refractivity (Wildman–Crippen MR) is 76.9 cm³/mol. The summed E-state index contributed by atoms with van der Waals surface area (Å²) in [7, 11) is 0. The van der Waals surface area contributed by atoms with Gasteiger partial charge in [-0.25, -0.2) is 20.2 Å². The maximum atomic E-state index is 13.3. The Kier molecular flexibility index (Phi) is 4.22. The van der Waals surface area contributed by atoms with Gasteiger partial charge in [0.1, 0.15) is 11.5 Å². The highest BCUT2D eigenvalue weighted by molar-refractivity contribution is 14.1. The SMILES string of the molecule is NNc1cnc(C(=O)Nc2cccc(F)c2I)cn1. The van der Waals surface area contributed by atoms with Gasteiger partial charge in [0.2, 0.25) is 0 Å². The molecule has 0 aliphatic carbocycles. The molecule has 1 aromatic heterocycles. The van der Waals surface area contributed by atoms with E-state index in [-0.39, 0.29) is 5.69 Å². The monoisotopic (exact) mass is 373 g/mol. The largest absolute Gasteiger partial charge is 0.320 e. The molecule has 0 saturated heterocycles. The fourth-order valence-electron chi connectivity index (χ4n) is 1.31. The van der Waals surface area contributed by atoms with Crippen LogP contribution in [0.1, 0.15) is 10.5 Å². The van der Waals surface area contributed by atoms with Crippen molar-refractivity contribution >= 4 is 40.0 Å². The van der Waals surface area contributed by atoms with E-state index in [0.717, 1.165) is 0 Å². The molecule has 19 heavy (non-hydrogen) atoms. The molecule has 2 rings (SSSR count). The second-order valence-electron chi connectivity index (χ2n) is 3.49. The van der Waals surface area contributed by atoms with Crippen LogP contribution in [0.2, 0.25) is 0 Å². The lowest BCUT2D eigenvalue weighted by molar-refractivity contribution is 0.102. The smallest absolute Gasteiger partial charge is 0.275 e. The molecule has 0 fully saturated rings. The molecule has 0 unspecified atom stereocenters. The van der Waals surface area contributed by atoms with Gasteiger partial charge in [0.25, 0.3) is 5.91 Å². The summed E-state index contributed by atoms with van der Waals surface area (Å²) in [6.07, 6.45) is 2.60. The highest BCUT2D eigenvalue weighted by Crippen LogP contribution is 2.21. The Morgan fingerprint density at radius 1 is 1.32 bits per heavy atom. The fourth-order valence-corrected chi connectivity index (χ4v) is 1.80. The molecule has 1 heterocycles. The third kappa shape index (κ3) is 3.15. The molecule has 0 saturated carbocycles. The molecule has 0 aliphatic heterocycles. The van der Waals surface area contributed by atoms with Gasteiger partial charge in [-0.05, 0) is 34.7 Å². The van der Waals surface area contributed by atoms with Crippen LogP contribution in [0.25, 0.3) is 0 Å². The summed E-state index contributed by atoms with van der Waals surface area (Å²) in [5, 5.41) is 2.56. The van der Waals surface area contributed by atoms with Crippen molar-refractivity contribution in [2.24, 2.45) is 5.84 Å². The lowest BCUT2D eigenvalue weighted by Crippen LogP contribution is -2.16. The van der Waals surface area contributed by atoms with Gasteiger partial charge >= 0.3 is 0 Å². The molecule has 1 aromatic carbocycles. The molecule has 98 valence electrons. The normalized spacial score (nSPS) is 10.1. The van der Waals surface area contributed by atoms with Crippen LogP contribution in [0.15, 0.2) is 30.6 Å². The van der Waals surface area contributed by atoms with Gasteiger partial charge < -0.3 is 10.7 Å². The Bertz CT molecular complexity index is 605. The lowest BCUT2D eigenvalue weighted by atomic mass is 10.3. The quantitative estimate of drug-likeness (QED) is 0.433. The number of hydrogen-bond donors (Lipinski definition) is 3. The number of carbonyl (C=O) groups is 1. The summed E-state index contributed by atoms with van der Waals surface area (Å²) in [4.78, 5) is 19.6. The number of aromatic nitrogens is 2. The van der Waals surface area contributed by atoms with Gasteiger partial charge in [0.05, 0.1) is 21.7 Å². The molecule has 8 heteroatoms. The van der Waals surface area contributed by atoms with E-state index in [1.54, 1.807) is 6.07 Å². The fraction of sp³-hybridized carbons (Fsp3) is 0. The van der Waals surface area contributed by atoms with Crippen molar-refractivity contribution in [3.63, 3.8) is 0 Å². The third-order valence-corrected chi connectivity index (χ3v) is 3.33. The van der Waals surface area contributed by atoms with Crippen molar-refractivity contribution in [3.05, 3.63) is 45.7 Å². The number of hydrazine groups is 1. The molecule has 0 atom stereocenters. The molecule has 1 amide bonds. The van der Waals surface area contributed by atoms with Gasteiger partial charge in [0, 0.05) is 0 Å². The molecule has 0 bridgehead atoms. The van der Waals surface area contributed by atoms with E-state index >= 15 is 0 Å². The first kappa shape index (κ1) is 13.6. The highest BCUT2D eigenvalue weighted by atomic mass is 127. The predicted octanol–water partition coefficient (Wildman–Crippen LogP) is 1.76. The van der Waals surface area contributed by atoms with Gasteiger partial charge in [0.15, 0.2) is 5.82 Å². The molecule has 2 aromatic rings. The summed E-state index contributed by atoms with van der Waals surface area (Å²) in [5.74, 6) is 4.62. The van der Waals surface area contributed by atoms with Crippen LogP contribution in [0.3, 0.4) is 0 Å². The Labute approximate surface area is 121 Å². The number of amides is 1. The molecule has 0 radical (unpaired) electrons. The number of nitrogens with one attached hydrogen (secondary N) is 2. The summed E-state index contributed by atoms with van der Waals surface area (Å²) in [5.41, 5.74) is 2.80.